The Labute approximate surface area is 161 Å². The second-order valence-corrected chi connectivity index (χ2v) is 7.08. The lowest BCUT2D eigenvalue weighted by molar-refractivity contribution is -0.271. The highest BCUT2D eigenvalue weighted by molar-refractivity contribution is 6.00. The molecule has 1 aromatic carbocycles. The summed E-state index contributed by atoms with van der Waals surface area (Å²) in [5, 5.41) is 13.4. The summed E-state index contributed by atoms with van der Waals surface area (Å²) in [5.41, 5.74) is 2.11. The summed E-state index contributed by atoms with van der Waals surface area (Å²) < 4.78 is 10.7. The molecule has 0 radical (unpaired) electrons. The molecule has 6 heteroatoms. The van der Waals surface area contributed by atoms with Crippen LogP contribution in [0, 0.1) is 5.92 Å². The first kappa shape index (κ1) is 21.4. The summed E-state index contributed by atoms with van der Waals surface area (Å²) in [4.78, 5) is 16.6. The van der Waals surface area contributed by atoms with Crippen molar-refractivity contribution in [3.05, 3.63) is 35.9 Å². The van der Waals surface area contributed by atoms with E-state index in [1.807, 2.05) is 18.2 Å². The van der Waals surface area contributed by atoms with Crippen molar-refractivity contribution in [2.75, 3.05) is 19.8 Å². The molecule has 1 aliphatic heterocycles. The molecule has 0 saturated carbocycles. The van der Waals surface area contributed by atoms with Crippen molar-refractivity contribution < 1.29 is 24.2 Å². The summed E-state index contributed by atoms with van der Waals surface area (Å²) in [6.07, 6.45) is 5.91. The van der Waals surface area contributed by atoms with Crippen LogP contribution in [0.4, 0.5) is 0 Å². The lowest BCUT2D eigenvalue weighted by Crippen LogP contribution is -2.47. The van der Waals surface area contributed by atoms with Gasteiger partial charge in [0.2, 0.25) is 0 Å². The van der Waals surface area contributed by atoms with E-state index in [1.165, 1.54) is 6.92 Å². The standard InChI is InChI=1S/C21H31NO5/c1-3-4-13-19(18-11-6-5-7-12-18)22-27-14-9-8-10-17-15-25-21(2,20(23)24)26-16-17/h5-7,11-12,17H,3-4,8-10,13-16H2,1-2H3,(H,23,24)/b22-19-. The van der Waals surface area contributed by atoms with Crippen molar-refractivity contribution >= 4 is 11.7 Å². The third kappa shape index (κ3) is 6.96. The minimum absolute atomic E-state index is 0.227. The molecular weight excluding hydrogens is 346 g/mol. The predicted octanol–water partition coefficient (Wildman–Crippen LogP) is 4.23. The minimum Gasteiger partial charge on any atom is -0.477 e. The molecule has 1 aliphatic rings. The summed E-state index contributed by atoms with van der Waals surface area (Å²) in [5.74, 6) is -2.35. The van der Waals surface area contributed by atoms with Crippen LogP contribution in [0.3, 0.4) is 0 Å². The molecule has 0 unspecified atom stereocenters. The Morgan fingerprint density at radius 1 is 1.22 bits per heavy atom. The summed E-state index contributed by atoms with van der Waals surface area (Å²) in [6.45, 7) is 5.01. The van der Waals surface area contributed by atoms with E-state index in [-0.39, 0.29) is 5.92 Å². The van der Waals surface area contributed by atoms with Crippen molar-refractivity contribution in [2.24, 2.45) is 11.1 Å². The molecule has 0 aliphatic carbocycles. The molecule has 27 heavy (non-hydrogen) atoms. The number of nitrogens with zero attached hydrogens (tertiary/aromatic N) is 1. The highest BCUT2D eigenvalue weighted by atomic mass is 16.7. The van der Waals surface area contributed by atoms with Gasteiger partial charge in [0.05, 0.1) is 18.9 Å². The van der Waals surface area contributed by atoms with Crippen LogP contribution < -0.4 is 0 Å². The third-order valence-corrected chi connectivity index (χ3v) is 4.72. The second-order valence-electron chi connectivity index (χ2n) is 7.08. The third-order valence-electron chi connectivity index (χ3n) is 4.72. The molecule has 0 bridgehead atoms. The van der Waals surface area contributed by atoms with Gasteiger partial charge in [-0.1, -0.05) is 48.8 Å². The maximum atomic E-state index is 11.1. The average molecular weight is 377 g/mol. The molecule has 0 aromatic heterocycles. The van der Waals surface area contributed by atoms with Crippen molar-refractivity contribution in [2.45, 2.75) is 58.2 Å². The van der Waals surface area contributed by atoms with E-state index in [4.69, 9.17) is 19.4 Å². The number of carbonyl (C=O) groups is 1. The van der Waals surface area contributed by atoms with Crippen LogP contribution >= 0.6 is 0 Å². The summed E-state index contributed by atoms with van der Waals surface area (Å²) >= 11 is 0. The van der Waals surface area contributed by atoms with Gasteiger partial charge in [0.15, 0.2) is 0 Å². The van der Waals surface area contributed by atoms with Gasteiger partial charge in [-0.05, 0) is 37.7 Å². The number of benzene rings is 1. The van der Waals surface area contributed by atoms with Crippen LogP contribution in [0.25, 0.3) is 0 Å². The number of ether oxygens (including phenoxy) is 2. The zero-order chi connectivity index (χ0) is 19.5. The predicted molar refractivity (Wildman–Crippen MR) is 104 cm³/mol. The van der Waals surface area contributed by atoms with Crippen LogP contribution in [-0.4, -0.2) is 42.4 Å². The fourth-order valence-corrected chi connectivity index (χ4v) is 2.87. The molecule has 6 nitrogen and oxygen atoms in total. The first-order valence-corrected chi connectivity index (χ1v) is 9.80. The lowest BCUT2D eigenvalue weighted by Gasteiger charge is -2.34. The SMILES string of the molecule is CCCC/C(=N/OCCCCC1COC(C)(C(=O)O)OC1)c1ccccc1. The van der Waals surface area contributed by atoms with E-state index >= 15 is 0 Å². The van der Waals surface area contributed by atoms with Gasteiger partial charge >= 0.3 is 5.97 Å². The quantitative estimate of drug-likeness (QED) is 0.355. The van der Waals surface area contributed by atoms with Crippen LogP contribution in [-0.2, 0) is 19.1 Å². The Kier molecular flexibility index (Phi) is 8.75. The number of oxime groups is 1. The molecule has 1 saturated heterocycles. The van der Waals surface area contributed by atoms with Gasteiger partial charge in [0, 0.05) is 12.8 Å². The zero-order valence-electron chi connectivity index (χ0n) is 16.4. The molecule has 1 heterocycles. The van der Waals surface area contributed by atoms with Gasteiger partial charge in [-0.3, -0.25) is 0 Å². The largest absolute Gasteiger partial charge is 0.477 e. The Balaban J connectivity index is 1.67. The average Bonchev–Trinajstić information content (AvgIpc) is 2.69. The molecule has 1 N–H and O–H groups in total. The van der Waals surface area contributed by atoms with Gasteiger partial charge in [-0.25, -0.2) is 4.79 Å². The molecule has 1 fully saturated rings. The Hall–Kier alpha value is -1.92. The van der Waals surface area contributed by atoms with Crippen LogP contribution in [0.5, 0.6) is 0 Å². The first-order valence-electron chi connectivity index (χ1n) is 9.80. The van der Waals surface area contributed by atoms with Crippen molar-refractivity contribution in [3.8, 4) is 0 Å². The van der Waals surface area contributed by atoms with E-state index in [0.29, 0.717) is 19.8 Å². The van der Waals surface area contributed by atoms with Gasteiger partial charge in [0.25, 0.3) is 5.79 Å². The second kappa shape index (κ2) is 11.0. The van der Waals surface area contributed by atoms with Crippen LogP contribution in [0.2, 0.25) is 0 Å². The molecule has 150 valence electrons. The number of hydrogen-bond donors (Lipinski definition) is 1. The van der Waals surface area contributed by atoms with Crippen LogP contribution in [0.1, 0.15) is 57.9 Å². The number of carboxylic acids is 1. The molecular formula is C21H31NO5. The fourth-order valence-electron chi connectivity index (χ4n) is 2.87. The van der Waals surface area contributed by atoms with Gasteiger partial charge in [-0.15, -0.1) is 0 Å². The van der Waals surface area contributed by atoms with Gasteiger partial charge in [-0.2, -0.15) is 0 Å². The molecule has 0 spiro atoms. The molecule has 1 aromatic rings. The highest BCUT2D eigenvalue weighted by Crippen LogP contribution is 2.24. The number of unbranched alkanes of at least 4 members (excludes halogenated alkanes) is 2. The maximum absolute atomic E-state index is 11.1. The maximum Gasteiger partial charge on any atom is 0.364 e. The Morgan fingerprint density at radius 2 is 1.93 bits per heavy atom. The van der Waals surface area contributed by atoms with Crippen molar-refractivity contribution in [1.29, 1.82) is 0 Å². The number of rotatable bonds is 11. The van der Waals surface area contributed by atoms with Gasteiger partial charge in [0.1, 0.15) is 6.61 Å². The summed E-state index contributed by atoms with van der Waals surface area (Å²) in [7, 11) is 0. The smallest absolute Gasteiger partial charge is 0.364 e. The molecule has 0 atom stereocenters. The normalized spacial score (nSPS) is 23.2. The highest BCUT2D eigenvalue weighted by Gasteiger charge is 2.40. The topological polar surface area (TPSA) is 77.4 Å². The molecule has 2 rings (SSSR count). The minimum atomic E-state index is -1.50. The fraction of sp³-hybridized carbons (Fsp3) is 0.619. The van der Waals surface area contributed by atoms with Crippen molar-refractivity contribution in [1.82, 2.24) is 0 Å². The Morgan fingerprint density at radius 3 is 2.56 bits per heavy atom. The van der Waals surface area contributed by atoms with E-state index in [1.54, 1.807) is 0 Å². The van der Waals surface area contributed by atoms with Gasteiger partial charge < -0.3 is 19.4 Å². The van der Waals surface area contributed by atoms with E-state index < -0.39 is 11.8 Å². The number of carboxylic acid groups (broad SMARTS) is 1. The number of aliphatic carboxylic acids is 1. The lowest BCUT2D eigenvalue weighted by atomic mass is 10.0. The zero-order valence-corrected chi connectivity index (χ0v) is 16.4. The van der Waals surface area contributed by atoms with E-state index in [0.717, 1.165) is 49.8 Å². The Bertz CT molecular complexity index is 594. The van der Waals surface area contributed by atoms with Crippen LogP contribution in [0.15, 0.2) is 35.5 Å². The molecule has 0 amide bonds. The van der Waals surface area contributed by atoms with E-state index in [2.05, 4.69) is 24.2 Å². The monoisotopic (exact) mass is 377 g/mol. The van der Waals surface area contributed by atoms with E-state index in [9.17, 15) is 4.79 Å². The summed E-state index contributed by atoms with van der Waals surface area (Å²) in [6, 6.07) is 10.2. The first-order chi connectivity index (χ1) is 13.0. The number of hydrogen-bond acceptors (Lipinski definition) is 5. The van der Waals surface area contributed by atoms with Crippen molar-refractivity contribution in [3.63, 3.8) is 0 Å².